The van der Waals surface area contributed by atoms with Gasteiger partial charge >= 0.3 is 5.69 Å². The summed E-state index contributed by atoms with van der Waals surface area (Å²) in [7, 11) is 1.57. The van der Waals surface area contributed by atoms with Gasteiger partial charge in [0.1, 0.15) is 11.3 Å². The monoisotopic (exact) mass is 289 g/mol. The predicted molar refractivity (Wildman–Crippen MR) is 77.2 cm³/mol. The third kappa shape index (κ3) is 3.35. The number of amides is 1. The lowest BCUT2D eigenvalue weighted by Gasteiger charge is -2.08. The van der Waals surface area contributed by atoms with E-state index in [1.54, 1.807) is 42.5 Å². The van der Waals surface area contributed by atoms with Crippen LogP contribution in [0.25, 0.3) is 0 Å². The number of carbonyl (C=O) groups is 1. The number of hydrogen-bond donors (Lipinski definition) is 2. The maximum absolute atomic E-state index is 12.1. The lowest BCUT2D eigenvalue weighted by molar-refractivity contribution is -0.384. The summed E-state index contributed by atoms with van der Waals surface area (Å²) < 4.78 is 1.80. The molecule has 0 unspecified atom stereocenters. The number of rotatable bonds is 6. The molecule has 0 aliphatic heterocycles. The average molecular weight is 289 g/mol. The van der Waals surface area contributed by atoms with Crippen LogP contribution in [0.3, 0.4) is 0 Å². The van der Waals surface area contributed by atoms with Crippen molar-refractivity contribution in [2.75, 3.05) is 18.9 Å². The van der Waals surface area contributed by atoms with Crippen LogP contribution in [0, 0.1) is 10.1 Å². The summed E-state index contributed by atoms with van der Waals surface area (Å²) in [4.78, 5) is 26.6. The Morgan fingerprint density at radius 3 is 2.90 bits per heavy atom. The van der Waals surface area contributed by atoms with E-state index < -0.39 is 10.8 Å². The second-order valence-electron chi connectivity index (χ2n) is 4.27. The predicted octanol–water partition coefficient (Wildman–Crippen LogP) is 1.26. The quantitative estimate of drug-likeness (QED) is 0.615. The number of anilines is 1. The summed E-state index contributed by atoms with van der Waals surface area (Å²) in [5.41, 5.74) is 0.125. The highest BCUT2D eigenvalue weighted by molar-refractivity contribution is 6.00. The number of carbonyl (C=O) groups excluding carboxylic acids is 1. The highest BCUT2D eigenvalue weighted by Crippen LogP contribution is 2.27. The molecule has 8 nitrogen and oxygen atoms in total. The summed E-state index contributed by atoms with van der Waals surface area (Å²) in [5, 5.41) is 16.5. The van der Waals surface area contributed by atoms with Crippen molar-refractivity contribution in [3.05, 3.63) is 52.6 Å². The molecule has 1 aromatic carbocycles. The second kappa shape index (κ2) is 6.51. The van der Waals surface area contributed by atoms with Crippen LogP contribution in [0.1, 0.15) is 10.4 Å². The summed E-state index contributed by atoms with van der Waals surface area (Å²) in [6.45, 7) is 0.904. The number of nitro benzene ring substituents is 1. The van der Waals surface area contributed by atoms with Gasteiger partial charge in [-0.05, 0) is 12.1 Å². The fourth-order valence-electron chi connectivity index (χ4n) is 1.94. The van der Waals surface area contributed by atoms with Gasteiger partial charge in [-0.15, -0.1) is 0 Å². The molecule has 0 bridgehead atoms. The van der Waals surface area contributed by atoms with Crippen molar-refractivity contribution in [1.82, 2.24) is 14.9 Å². The molecule has 21 heavy (non-hydrogen) atoms. The lowest BCUT2D eigenvalue weighted by Crippen LogP contribution is -2.27. The molecule has 0 spiro atoms. The molecule has 0 aliphatic carbocycles. The molecule has 0 saturated carbocycles. The number of nitrogens with zero attached hydrogens (tertiary/aromatic N) is 3. The Morgan fingerprint density at radius 2 is 2.29 bits per heavy atom. The van der Waals surface area contributed by atoms with E-state index >= 15 is 0 Å². The van der Waals surface area contributed by atoms with Crippen LogP contribution in [-0.4, -0.2) is 34.0 Å². The minimum absolute atomic E-state index is 0.0393. The smallest absolute Gasteiger partial charge is 0.305 e. The van der Waals surface area contributed by atoms with Crippen LogP contribution < -0.4 is 10.6 Å². The van der Waals surface area contributed by atoms with Gasteiger partial charge in [0, 0.05) is 32.5 Å². The Hall–Kier alpha value is -2.90. The molecule has 0 aliphatic rings. The largest absolute Gasteiger partial charge is 0.383 e. The van der Waals surface area contributed by atoms with E-state index in [1.807, 2.05) is 0 Å². The maximum Gasteiger partial charge on any atom is 0.305 e. The Bertz CT molecular complexity index is 639. The van der Waals surface area contributed by atoms with E-state index in [2.05, 4.69) is 15.6 Å². The van der Waals surface area contributed by atoms with Crippen LogP contribution in [0.4, 0.5) is 11.4 Å². The summed E-state index contributed by atoms with van der Waals surface area (Å²) >= 11 is 0. The Labute approximate surface area is 121 Å². The van der Waals surface area contributed by atoms with Crippen molar-refractivity contribution in [3.63, 3.8) is 0 Å². The zero-order chi connectivity index (χ0) is 15.2. The van der Waals surface area contributed by atoms with Crippen LogP contribution in [0.2, 0.25) is 0 Å². The lowest BCUT2D eigenvalue weighted by atomic mass is 10.1. The molecule has 1 aromatic heterocycles. The van der Waals surface area contributed by atoms with Gasteiger partial charge in [0.2, 0.25) is 0 Å². The van der Waals surface area contributed by atoms with E-state index in [1.165, 1.54) is 6.07 Å². The topological polar surface area (TPSA) is 102 Å². The zero-order valence-electron chi connectivity index (χ0n) is 11.4. The third-order valence-corrected chi connectivity index (χ3v) is 2.95. The molecular formula is C13H15N5O3. The van der Waals surface area contributed by atoms with Gasteiger partial charge in [0.15, 0.2) is 0 Å². The normalized spacial score (nSPS) is 10.1. The standard InChI is InChI=1S/C13H15N5O3/c1-14-11-4-2-3-10(12(11)18(20)21)13(19)16-6-8-17-7-5-15-9-17/h2-5,7,9,14H,6,8H2,1H3,(H,16,19). The summed E-state index contributed by atoms with van der Waals surface area (Å²) in [6, 6.07) is 4.59. The van der Waals surface area contributed by atoms with Crippen LogP contribution >= 0.6 is 0 Å². The first-order chi connectivity index (χ1) is 10.1. The zero-order valence-corrected chi connectivity index (χ0v) is 11.4. The van der Waals surface area contributed by atoms with Gasteiger partial charge in [-0.2, -0.15) is 0 Å². The first-order valence-electron chi connectivity index (χ1n) is 6.32. The molecule has 0 atom stereocenters. The first kappa shape index (κ1) is 14.5. The Kier molecular flexibility index (Phi) is 4.50. The minimum Gasteiger partial charge on any atom is -0.383 e. The SMILES string of the molecule is CNc1cccc(C(=O)NCCn2ccnc2)c1[N+](=O)[O-]. The van der Waals surface area contributed by atoms with Crippen LogP contribution in [-0.2, 0) is 6.54 Å². The van der Waals surface area contributed by atoms with Gasteiger partial charge in [0.05, 0.1) is 11.3 Å². The van der Waals surface area contributed by atoms with Gasteiger partial charge in [0.25, 0.3) is 5.91 Å². The van der Waals surface area contributed by atoms with Gasteiger partial charge in [-0.25, -0.2) is 4.98 Å². The Morgan fingerprint density at radius 1 is 1.48 bits per heavy atom. The van der Waals surface area contributed by atoms with Crippen molar-refractivity contribution in [1.29, 1.82) is 0 Å². The number of aromatic nitrogens is 2. The van der Waals surface area contributed by atoms with Crippen molar-refractivity contribution >= 4 is 17.3 Å². The molecule has 0 saturated heterocycles. The molecule has 2 aromatic rings. The number of benzene rings is 1. The molecule has 0 radical (unpaired) electrons. The molecule has 2 rings (SSSR count). The van der Waals surface area contributed by atoms with E-state index in [0.29, 0.717) is 18.8 Å². The van der Waals surface area contributed by atoms with E-state index in [-0.39, 0.29) is 11.3 Å². The Balaban J connectivity index is 2.10. The highest BCUT2D eigenvalue weighted by atomic mass is 16.6. The van der Waals surface area contributed by atoms with E-state index in [4.69, 9.17) is 0 Å². The van der Waals surface area contributed by atoms with Gasteiger partial charge in [-0.3, -0.25) is 14.9 Å². The number of hydrogen-bond acceptors (Lipinski definition) is 5. The van der Waals surface area contributed by atoms with E-state index in [9.17, 15) is 14.9 Å². The molecule has 1 heterocycles. The molecular weight excluding hydrogens is 274 g/mol. The summed E-state index contributed by atoms with van der Waals surface area (Å²) in [6.07, 6.45) is 5.05. The summed E-state index contributed by atoms with van der Waals surface area (Å²) in [5.74, 6) is -0.473. The second-order valence-corrected chi connectivity index (χ2v) is 4.27. The number of para-hydroxylation sites is 1. The third-order valence-electron chi connectivity index (χ3n) is 2.95. The maximum atomic E-state index is 12.1. The fourth-order valence-corrected chi connectivity index (χ4v) is 1.94. The molecule has 110 valence electrons. The van der Waals surface area contributed by atoms with Crippen molar-refractivity contribution in [3.8, 4) is 0 Å². The van der Waals surface area contributed by atoms with Crippen LogP contribution in [0.5, 0.6) is 0 Å². The molecule has 0 fully saturated rings. The van der Waals surface area contributed by atoms with E-state index in [0.717, 1.165) is 0 Å². The molecule has 1 amide bonds. The van der Waals surface area contributed by atoms with Crippen LogP contribution in [0.15, 0.2) is 36.9 Å². The van der Waals surface area contributed by atoms with Crippen molar-refractivity contribution in [2.24, 2.45) is 0 Å². The molecule has 8 heteroatoms. The number of nitrogens with one attached hydrogen (secondary N) is 2. The van der Waals surface area contributed by atoms with Gasteiger partial charge < -0.3 is 15.2 Å². The first-order valence-corrected chi connectivity index (χ1v) is 6.32. The average Bonchev–Trinajstić information content (AvgIpc) is 2.99. The highest BCUT2D eigenvalue weighted by Gasteiger charge is 2.23. The van der Waals surface area contributed by atoms with Crippen molar-refractivity contribution in [2.45, 2.75) is 6.54 Å². The van der Waals surface area contributed by atoms with Crippen molar-refractivity contribution < 1.29 is 9.72 Å². The van der Waals surface area contributed by atoms with Gasteiger partial charge in [-0.1, -0.05) is 6.07 Å². The molecule has 2 N–H and O–H groups in total. The number of imidazole rings is 1. The number of nitro groups is 1. The minimum atomic E-state index is -0.559. The fraction of sp³-hybridized carbons (Fsp3) is 0.231.